The van der Waals surface area contributed by atoms with Gasteiger partial charge in [0.1, 0.15) is 5.75 Å². The minimum atomic E-state index is -1.82. The molecule has 0 fully saturated rings. The van der Waals surface area contributed by atoms with Crippen molar-refractivity contribution in [1.29, 1.82) is 0 Å². The van der Waals surface area contributed by atoms with Crippen LogP contribution in [0, 0.1) is 6.92 Å². The molecule has 0 aliphatic heterocycles. The van der Waals surface area contributed by atoms with E-state index in [1.165, 1.54) is 18.4 Å². The van der Waals surface area contributed by atoms with Crippen molar-refractivity contribution >= 4 is 23.5 Å². The van der Waals surface area contributed by atoms with E-state index in [0.717, 1.165) is 25.3 Å². The lowest BCUT2D eigenvalue weighted by Crippen LogP contribution is -2.18. The Morgan fingerprint density at radius 3 is 2.35 bits per heavy atom. The van der Waals surface area contributed by atoms with Gasteiger partial charge in [0.05, 0.1) is 11.6 Å². The van der Waals surface area contributed by atoms with Crippen LogP contribution in [-0.4, -0.2) is 41.8 Å². The van der Waals surface area contributed by atoms with Crippen molar-refractivity contribution in [2.45, 2.75) is 33.1 Å². The van der Waals surface area contributed by atoms with Crippen LogP contribution < -0.4 is 10.1 Å². The summed E-state index contributed by atoms with van der Waals surface area (Å²) in [4.78, 5) is 18.2. The molecular formula is C16H24ClNO5. The Morgan fingerprint density at radius 2 is 1.78 bits per heavy atom. The summed E-state index contributed by atoms with van der Waals surface area (Å²) in [6.45, 7) is 7.05. The van der Waals surface area contributed by atoms with Crippen LogP contribution in [0.5, 0.6) is 5.75 Å². The molecule has 0 unspecified atom stereocenters. The van der Waals surface area contributed by atoms with Gasteiger partial charge in [-0.15, -0.1) is 0 Å². The van der Waals surface area contributed by atoms with Crippen LogP contribution in [0.3, 0.4) is 0 Å². The molecule has 23 heavy (non-hydrogen) atoms. The first kappa shape index (κ1) is 21.2. The summed E-state index contributed by atoms with van der Waals surface area (Å²) < 4.78 is 5.65. The Hall–Kier alpha value is -1.79. The summed E-state index contributed by atoms with van der Waals surface area (Å²) in [5.41, 5.74) is 1.17. The van der Waals surface area contributed by atoms with E-state index in [9.17, 15) is 0 Å². The largest absolute Gasteiger partial charge is 0.492 e. The topological polar surface area (TPSA) is 95.9 Å². The second-order valence-electron chi connectivity index (χ2n) is 4.85. The minimum absolute atomic E-state index is 0.689. The van der Waals surface area contributed by atoms with E-state index in [-0.39, 0.29) is 0 Å². The van der Waals surface area contributed by atoms with Crippen LogP contribution >= 0.6 is 11.6 Å². The molecule has 1 aromatic rings. The molecule has 0 aliphatic rings. The summed E-state index contributed by atoms with van der Waals surface area (Å²) in [5.74, 6) is -2.86. The van der Waals surface area contributed by atoms with E-state index < -0.39 is 11.9 Å². The molecule has 0 aliphatic carbocycles. The summed E-state index contributed by atoms with van der Waals surface area (Å²) in [5, 5.41) is 18.9. The van der Waals surface area contributed by atoms with Gasteiger partial charge in [-0.3, -0.25) is 0 Å². The van der Waals surface area contributed by atoms with Gasteiger partial charge in [-0.25, -0.2) is 9.59 Å². The quantitative estimate of drug-likeness (QED) is 0.495. The first-order valence-electron chi connectivity index (χ1n) is 7.44. The normalized spacial score (nSPS) is 9.70. The maximum Gasteiger partial charge on any atom is 0.414 e. The number of unbranched alkanes of at least 4 members (excludes halogenated alkanes) is 1. The van der Waals surface area contributed by atoms with Crippen LogP contribution in [0.2, 0.25) is 5.02 Å². The van der Waals surface area contributed by atoms with Gasteiger partial charge in [0, 0.05) is 0 Å². The molecule has 1 rings (SSSR count). The van der Waals surface area contributed by atoms with Crippen molar-refractivity contribution in [3.8, 4) is 5.75 Å². The molecule has 0 aromatic heterocycles. The van der Waals surface area contributed by atoms with Crippen molar-refractivity contribution in [2.24, 2.45) is 0 Å². The molecule has 1 aromatic carbocycles. The molecule has 0 saturated heterocycles. The molecule has 0 saturated carbocycles. The Kier molecular flexibility index (Phi) is 11.7. The fourth-order valence-corrected chi connectivity index (χ4v) is 1.70. The van der Waals surface area contributed by atoms with Crippen LogP contribution in [0.25, 0.3) is 0 Å². The highest BCUT2D eigenvalue weighted by atomic mass is 35.5. The SMILES string of the molecule is CCCCNCCCOc1cc(C)ccc1Cl.O=C(O)C(=O)O. The first-order chi connectivity index (χ1) is 10.9. The van der Waals surface area contributed by atoms with Crippen LogP contribution in [0.1, 0.15) is 31.7 Å². The average Bonchev–Trinajstić information content (AvgIpc) is 2.50. The minimum Gasteiger partial charge on any atom is -0.492 e. The maximum atomic E-state index is 9.10. The van der Waals surface area contributed by atoms with Crippen LogP contribution in [0.15, 0.2) is 18.2 Å². The number of hydrogen-bond donors (Lipinski definition) is 3. The monoisotopic (exact) mass is 345 g/mol. The highest BCUT2D eigenvalue weighted by Gasteiger charge is 2.04. The van der Waals surface area contributed by atoms with Crippen molar-refractivity contribution in [2.75, 3.05) is 19.7 Å². The van der Waals surface area contributed by atoms with Crippen LogP contribution in [0.4, 0.5) is 0 Å². The Labute approximate surface area is 141 Å². The molecule has 6 nitrogen and oxygen atoms in total. The average molecular weight is 346 g/mol. The predicted molar refractivity (Wildman–Crippen MR) is 89.4 cm³/mol. The summed E-state index contributed by atoms with van der Waals surface area (Å²) in [7, 11) is 0. The lowest BCUT2D eigenvalue weighted by atomic mass is 10.2. The van der Waals surface area contributed by atoms with Gasteiger partial charge in [-0.1, -0.05) is 31.0 Å². The predicted octanol–water partition coefficient (Wildman–Crippen LogP) is 2.96. The lowest BCUT2D eigenvalue weighted by molar-refractivity contribution is -0.159. The van der Waals surface area contributed by atoms with E-state index in [4.69, 9.17) is 36.1 Å². The maximum absolute atomic E-state index is 9.10. The number of hydrogen-bond acceptors (Lipinski definition) is 4. The summed E-state index contributed by atoms with van der Waals surface area (Å²) in [6, 6.07) is 5.85. The number of aryl methyl sites for hydroxylation is 1. The van der Waals surface area contributed by atoms with Crippen LogP contribution in [-0.2, 0) is 9.59 Å². The third kappa shape index (κ3) is 11.4. The van der Waals surface area contributed by atoms with Crippen molar-refractivity contribution in [3.63, 3.8) is 0 Å². The number of aliphatic carboxylic acids is 2. The number of rotatable bonds is 8. The lowest BCUT2D eigenvalue weighted by Gasteiger charge is -2.09. The van der Waals surface area contributed by atoms with Crippen molar-refractivity contribution in [3.05, 3.63) is 28.8 Å². The smallest absolute Gasteiger partial charge is 0.414 e. The van der Waals surface area contributed by atoms with E-state index in [1.807, 2.05) is 25.1 Å². The summed E-state index contributed by atoms with van der Waals surface area (Å²) >= 11 is 6.04. The number of carbonyl (C=O) groups is 2. The second kappa shape index (κ2) is 12.7. The zero-order valence-corrected chi connectivity index (χ0v) is 14.2. The highest BCUT2D eigenvalue weighted by Crippen LogP contribution is 2.25. The summed E-state index contributed by atoms with van der Waals surface area (Å²) in [6.07, 6.45) is 3.49. The molecule has 130 valence electrons. The Morgan fingerprint density at radius 1 is 1.17 bits per heavy atom. The van der Waals surface area contributed by atoms with E-state index >= 15 is 0 Å². The number of benzene rings is 1. The Balaban J connectivity index is 0.000000688. The fourth-order valence-electron chi connectivity index (χ4n) is 1.53. The number of carboxylic acids is 2. The molecule has 0 amide bonds. The van der Waals surface area contributed by atoms with Crippen molar-refractivity contribution in [1.82, 2.24) is 5.32 Å². The number of ether oxygens (including phenoxy) is 1. The first-order valence-corrected chi connectivity index (χ1v) is 7.82. The van der Waals surface area contributed by atoms with Gasteiger partial charge < -0.3 is 20.3 Å². The van der Waals surface area contributed by atoms with Gasteiger partial charge in [-0.05, 0) is 50.6 Å². The van der Waals surface area contributed by atoms with Gasteiger partial charge in [0.15, 0.2) is 0 Å². The molecule has 3 N–H and O–H groups in total. The zero-order chi connectivity index (χ0) is 17.7. The highest BCUT2D eigenvalue weighted by molar-refractivity contribution is 6.32. The van der Waals surface area contributed by atoms with Gasteiger partial charge in [0.25, 0.3) is 0 Å². The molecule has 7 heteroatoms. The van der Waals surface area contributed by atoms with Gasteiger partial charge in [0.2, 0.25) is 0 Å². The number of halogens is 1. The molecule has 0 radical (unpaired) electrons. The fraction of sp³-hybridized carbons (Fsp3) is 0.500. The molecular weight excluding hydrogens is 322 g/mol. The second-order valence-corrected chi connectivity index (χ2v) is 5.26. The van der Waals surface area contributed by atoms with E-state index in [0.29, 0.717) is 11.6 Å². The molecule has 0 bridgehead atoms. The number of carboxylic acid groups (broad SMARTS) is 2. The van der Waals surface area contributed by atoms with Gasteiger partial charge in [-0.2, -0.15) is 0 Å². The van der Waals surface area contributed by atoms with Crippen molar-refractivity contribution < 1.29 is 24.5 Å². The van der Waals surface area contributed by atoms with Gasteiger partial charge >= 0.3 is 11.9 Å². The molecule has 0 spiro atoms. The third-order valence-corrected chi connectivity index (χ3v) is 3.04. The zero-order valence-electron chi connectivity index (χ0n) is 13.5. The third-order valence-electron chi connectivity index (χ3n) is 2.73. The molecule has 0 atom stereocenters. The molecule has 0 heterocycles. The van der Waals surface area contributed by atoms with E-state index in [2.05, 4.69) is 12.2 Å². The number of nitrogens with one attached hydrogen (secondary N) is 1. The van der Waals surface area contributed by atoms with E-state index in [1.54, 1.807) is 0 Å². The standard InChI is InChI=1S/C14H22ClNO.C2H2O4/c1-3-4-8-16-9-5-10-17-14-11-12(2)6-7-13(14)15;3-1(4)2(5)6/h6-7,11,16H,3-5,8-10H2,1-2H3;(H,3,4)(H,5,6). The Bertz CT molecular complexity index is 481.